The van der Waals surface area contributed by atoms with Crippen LogP contribution in [0.5, 0.6) is 11.5 Å². The van der Waals surface area contributed by atoms with Crippen molar-refractivity contribution < 1.29 is 25.8 Å². The van der Waals surface area contributed by atoms with Gasteiger partial charge in [0.25, 0.3) is 0 Å². The van der Waals surface area contributed by atoms with E-state index in [1.54, 1.807) is 0 Å². The number of rotatable bonds is 9. The Morgan fingerprint density at radius 1 is 0.808 bits per heavy atom. The number of aryl methyl sites for hydroxylation is 1. The molecule has 4 aromatic carbocycles. The molecule has 7 rings (SSSR count). The molecular formula is C46H48N4OPt. The summed E-state index contributed by atoms with van der Waals surface area (Å²) in [5.74, 6) is 2.89. The average Bonchev–Trinajstić information content (AvgIpc) is 3.64. The maximum atomic E-state index is 6.69. The zero-order chi connectivity index (χ0) is 36.0. The van der Waals surface area contributed by atoms with Crippen molar-refractivity contribution in [2.24, 2.45) is 0 Å². The Hall–Kier alpha value is -4.47. The standard InChI is InChI=1S/C46H48N4O.Pt/c1-10-30(5)33-17-20-42-40(25-33)39-19-18-37(28-43(39)49(42)44-26-35(21-22-47-44)46(7,8)9)51-38-24-34(29(3)4)23-36(27-38)50-41(11-2)45(31(6)48-50)32-15-13-12-14-16-32;/h12-26,29-30H,10-11H2,1-9H3;/q-2;+2. The molecule has 0 aliphatic rings. The number of ether oxygens (including phenoxy) is 1. The van der Waals surface area contributed by atoms with E-state index in [0.29, 0.717) is 17.4 Å². The second-order valence-electron chi connectivity index (χ2n) is 15.1. The van der Waals surface area contributed by atoms with E-state index in [0.717, 1.165) is 57.7 Å². The van der Waals surface area contributed by atoms with Crippen molar-refractivity contribution in [3.8, 4) is 34.1 Å². The zero-order valence-corrected chi connectivity index (χ0v) is 34.0. The van der Waals surface area contributed by atoms with E-state index in [1.807, 2.05) is 16.9 Å². The fourth-order valence-electron chi connectivity index (χ4n) is 7.04. The van der Waals surface area contributed by atoms with Gasteiger partial charge in [0.05, 0.1) is 5.69 Å². The quantitative estimate of drug-likeness (QED) is 0.136. The summed E-state index contributed by atoms with van der Waals surface area (Å²) in [5.41, 5.74) is 11.1. The maximum Gasteiger partial charge on any atom is 2.00 e. The van der Waals surface area contributed by atoms with Crippen LogP contribution in [-0.4, -0.2) is 19.3 Å². The molecule has 5 nitrogen and oxygen atoms in total. The van der Waals surface area contributed by atoms with E-state index in [9.17, 15) is 0 Å². The van der Waals surface area contributed by atoms with Crippen molar-refractivity contribution in [2.45, 2.75) is 92.4 Å². The van der Waals surface area contributed by atoms with Crippen LogP contribution in [0.4, 0.5) is 0 Å². The Morgan fingerprint density at radius 3 is 2.27 bits per heavy atom. The van der Waals surface area contributed by atoms with Gasteiger partial charge in [-0.05, 0) is 83.0 Å². The smallest absolute Gasteiger partial charge is 0.509 e. The molecule has 0 N–H and O–H groups in total. The van der Waals surface area contributed by atoms with Crippen molar-refractivity contribution in [3.63, 3.8) is 0 Å². The summed E-state index contributed by atoms with van der Waals surface area (Å²) in [4.78, 5) is 4.89. The number of hydrogen-bond donors (Lipinski definition) is 0. The third-order valence-electron chi connectivity index (χ3n) is 10.2. The minimum absolute atomic E-state index is 0. The second-order valence-corrected chi connectivity index (χ2v) is 15.1. The van der Waals surface area contributed by atoms with Crippen LogP contribution in [-0.2, 0) is 32.9 Å². The van der Waals surface area contributed by atoms with E-state index >= 15 is 0 Å². The van der Waals surface area contributed by atoms with E-state index in [-0.39, 0.29) is 32.4 Å². The van der Waals surface area contributed by atoms with Crippen LogP contribution in [0, 0.1) is 19.1 Å². The van der Waals surface area contributed by atoms with E-state index in [1.165, 1.54) is 27.6 Å². The summed E-state index contributed by atoms with van der Waals surface area (Å²) in [6.45, 7) is 19.9. The van der Waals surface area contributed by atoms with Gasteiger partial charge in [-0.3, -0.25) is 4.68 Å². The molecule has 6 heteroatoms. The van der Waals surface area contributed by atoms with Gasteiger partial charge in [-0.1, -0.05) is 103 Å². The molecule has 0 spiro atoms. The van der Waals surface area contributed by atoms with Crippen molar-refractivity contribution >= 4 is 21.8 Å². The fourth-order valence-corrected chi connectivity index (χ4v) is 7.04. The molecule has 3 heterocycles. The summed E-state index contributed by atoms with van der Waals surface area (Å²) in [7, 11) is 0. The molecular weight excluding hydrogens is 820 g/mol. The van der Waals surface area contributed by atoms with Crippen LogP contribution in [0.1, 0.15) is 102 Å². The second kappa shape index (κ2) is 14.9. The molecule has 3 aromatic heterocycles. The predicted octanol–water partition coefficient (Wildman–Crippen LogP) is 12.2. The minimum Gasteiger partial charge on any atom is -0.509 e. The van der Waals surface area contributed by atoms with E-state index in [4.69, 9.17) is 14.8 Å². The average molecular weight is 868 g/mol. The predicted molar refractivity (Wildman–Crippen MR) is 211 cm³/mol. The third-order valence-corrected chi connectivity index (χ3v) is 10.2. The molecule has 52 heavy (non-hydrogen) atoms. The SMILES string of the molecule is CCc1c(-c2ccccc2)c(C)nn1-c1[c-]c(Oc2[c-]c3c(cc2)c2cc(C(C)CC)ccc2n3-c2cc(C(C)(C)C)ccn2)cc(C(C)C)c1.[Pt+2]. The first kappa shape index (κ1) is 37.3. The summed E-state index contributed by atoms with van der Waals surface area (Å²) >= 11 is 0. The monoisotopic (exact) mass is 867 g/mol. The van der Waals surface area contributed by atoms with Gasteiger partial charge in [0.15, 0.2) is 0 Å². The van der Waals surface area contributed by atoms with E-state index in [2.05, 4.69) is 158 Å². The first-order valence-electron chi connectivity index (χ1n) is 18.3. The normalized spacial score (nSPS) is 12.4. The van der Waals surface area contributed by atoms with E-state index < -0.39 is 0 Å². The van der Waals surface area contributed by atoms with Crippen LogP contribution in [0.25, 0.3) is 44.4 Å². The molecule has 268 valence electrons. The summed E-state index contributed by atoms with van der Waals surface area (Å²) < 4.78 is 11.0. The topological polar surface area (TPSA) is 44.9 Å². The van der Waals surface area contributed by atoms with Gasteiger partial charge < -0.3 is 9.30 Å². The summed E-state index contributed by atoms with van der Waals surface area (Å²) in [6.07, 6.45) is 3.84. The largest absolute Gasteiger partial charge is 2.00 e. The number of fused-ring (bicyclic) bond motifs is 3. The van der Waals surface area contributed by atoms with Crippen LogP contribution >= 0.6 is 0 Å². The van der Waals surface area contributed by atoms with Gasteiger partial charge in [-0.25, -0.2) is 4.98 Å². The first-order chi connectivity index (χ1) is 24.5. The van der Waals surface area contributed by atoms with Crippen molar-refractivity contribution in [1.82, 2.24) is 19.3 Å². The molecule has 0 fully saturated rings. The first-order valence-corrected chi connectivity index (χ1v) is 18.3. The number of pyridine rings is 1. The maximum absolute atomic E-state index is 6.69. The molecule has 0 saturated carbocycles. The van der Waals surface area contributed by atoms with Crippen LogP contribution in [0.2, 0.25) is 0 Å². The van der Waals surface area contributed by atoms with Gasteiger partial charge >= 0.3 is 21.1 Å². The molecule has 0 saturated heterocycles. The molecule has 0 bridgehead atoms. The third kappa shape index (κ3) is 7.00. The molecule has 7 aromatic rings. The fraction of sp³-hybridized carbons (Fsp3) is 0.304. The van der Waals surface area contributed by atoms with Gasteiger partial charge in [-0.2, -0.15) is 11.2 Å². The minimum atomic E-state index is -0.0141. The Kier molecular flexibility index (Phi) is 10.7. The molecule has 0 aliphatic heterocycles. The molecule has 0 radical (unpaired) electrons. The Labute approximate surface area is 323 Å². The molecule has 1 unspecified atom stereocenters. The van der Waals surface area contributed by atoms with Crippen molar-refractivity contribution in [3.05, 3.63) is 131 Å². The van der Waals surface area contributed by atoms with Gasteiger partial charge in [0.1, 0.15) is 5.82 Å². The number of hydrogen-bond acceptors (Lipinski definition) is 3. The number of aromatic nitrogens is 4. The number of benzene rings is 4. The molecule has 0 aliphatic carbocycles. The van der Waals surface area contributed by atoms with Crippen LogP contribution in [0.15, 0.2) is 91.1 Å². The number of nitrogens with zero attached hydrogens (tertiary/aromatic N) is 4. The van der Waals surface area contributed by atoms with Crippen molar-refractivity contribution in [2.75, 3.05) is 0 Å². The Morgan fingerprint density at radius 2 is 1.58 bits per heavy atom. The van der Waals surface area contributed by atoms with Gasteiger partial charge in [-0.15, -0.1) is 41.3 Å². The van der Waals surface area contributed by atoms with Crippen LogP contribution < -0.4 is 4.74 Å². The zero-order valence-electron chi connectivity index (χ0n) is 31.7. The van der Waals surface area contributed by atoms with Crippen molar-refractivity contribution in [1.29, 1.82) is 0 Å². The van der Waals surface area contributed by atoms with Gasteiger partial charge in [0.2, 0.25) is 0 Å². The van der Waals surface area contributed by atoms with Crippen LogP contribution in [0.3, 0.4) is 0 Å². The Balaban J connectivity index is 0.00000464. The molecule has 0 amide bonds. The summed E-state index contributed by atoms with van der Waals surface area (Å²) in [6, 6.07) is 37.4. The Bertz CT molecular complexity index is 2360. The summed E-state index contributed by atoms with van der Waals surface area (Å²) in [5, 5.41) is 7.37. The molecule has 1 atom stereocenters. The van der Waals surface area contributed by atoms with Gasteiger partial charge in [0, 0.05) is 34.5 Å².